The Balaban J connectivity index is 1.50. The number of carboxylic acid groups (broad SMARTS) is 1. The molecule has 3 fully saturated rings. The summed E-state index contributed by atoms with van der Waals surface area (Å²) in [5, 5.41) is 48.1. The Hall–Kier alpha value is -2.17. The van der Waals surface area contributed by atoms with Crippen molar-refractivity contribution in [3.05, 3.63) is 36.0 Å². The minimum Gasteiger partial charge on any atom is -0.479 e. The molecule has 3 aliphatic carbocycles. The highest BCUT2D eigenvalue weighted by atomic mass is 16.7. The van der Waals surface area contributed by atoms with Gasteiger partial charge in [0.15, 0.2) is 18.2 Å². The number of allylic oxidation sites excluding steroid dienone is 5. The van der Waals surface area contributed by atoms with Crippen molar-refractivity contribution >= 4 is 18.0 Å². The van der Waals surface area contributed by atoms with E-state index in [9.17, 15) is 30.0 Å². The first-order valence-corrected chi connectivity index (χ1v) is 13.3. The third-order valence-electron chi connectivity index (χ3n) is 9.11. The van der Waals surface area contributed by atoms with Gasteiger partial charge in [-0.2, -0.15) is 0 Å². The first-order chi connectivity index (χ1) is 17.6. The van der Waals surface area contributed by atoms with Crippen LogP contribution in [0.1, 0.15) is 58.3 Å². The zero-order chi connectivity index (χ0) is 26.9. The van der Waals surface area contributed by atoms with Crippen LogP contribution in [0.2, 0.25) is 0 Å². The van der Waals surface area contributed by atoms with Crippen LogP contribution in [0.3, 0.4) is 0 Å². The molecule has 1 aliphatic heterocycles. The number of ether oxygens (including phenoxy) is 2. The minimum atomic E-state index is -1.77. The van der Waals surface area contributed by atoms with Crippen LogP contribution in [0.5, 0.6) is 0 Å². The normalized spacial score (nSPS) is 42.5. The number of carboxylic acids is 1. The van der Waals surface area contributed by atoms with Crippen LogP contribution in [0.15, 0.2) is 36.0 Å². The number of carbonyl (C=O) groups excluding carboxylic acids is 1. The standard InChI is InChI=1S/C28H39NO8/c1-15-7-8-16(19-6-4-3-5-18(30)13-20(15)19)11-12-28(2)17(14-29)9-10-21(28)36-27-24(33)22(31)23(32)25(37-27)26(34)35/h3,5,13-14,16-17,19,21-25,27,29,31-33H,1,4,6-12H2,2H3,(H,34,35)/t16-,17+,19+,21+,22?,23?,24?,25?,27?,28+/m1/s1. The molecule has 0 aromatic carbocycles. The summed E-state index contributed by atoms with van der Waals surface area (Å²) in [6.45, 7) is 6.27. The van der Waals surface area contributed by atoms with Gasteiger partial charge >= 0.3 is 5.97 Å². The number of hydrogen-bond acceptors (Lipinski definition) is 8. The quantitative estimate of drug-likeness (QED) is 0.322. The zero-order valence-corrected chi connectivity index (χ0v) is 21.3. The van der Waals surface area contributed by atoms with Crippen LogP contribution in [0.25, 0.3) is 0 Å². The van der Waals surface area contributed by atoms with Crippen LogP contribution in [0, 0.1) is 28.6 Å². The molecular formula is C28H39NO8. The Morgan fingerprint density at radius 1 is 1.22 bits per heavy atom. The number of aliphatic hydroxyl groups excluding tert-OH is 3. The van der Waals surface area contributed by atoms with Crippen LogP contribution in [-0.2, 0) is 19.1 Å². The van der Waals surface area contributed by atoms with Gasteiger partial charge in [-0.15, -0.1) is 0 Å². The summed E-state index contributed by atoms with van der Waals surface area (Å²) in [5.74, 6) is -0.923. The second-order valence-corrected chi connectivity index (χ2v) is 11.2. The van der Waals surface area contributed by atoms with Crippen molar-refractivity contribution in [1.82, 2.24) is 0 Å². The Kier molecular flexibility index (Phi) is 8.50. The van der Waals surface area contributed by atoms with Crippen molar-refractivity contribution in [2.24, 2.45) is 23.2 Å². The van der Waals surface area contributed by atoms with Crippen molar-refractivity contribution in [2.45, 2.75) is 95.1 Å². The van der Waals surface area contributed by atoms with E-state index in [1.807, 2.05) is 6.08 Å². The molecule has 0 spiro atoms. The van der Waals surface area contributed by atoms with Gasteiger partial charge in [-0.3, -0.25) is 4.79 Å². The second-order valence-electron chi connectivity index (χ2n) is 11.2. The molecule has 9 nitrogen and oxygen atoms in total. The SMILES string of the molecule is C=C1CC[C@H](CC[C@@]2(C)[C@H](C=N)CC[C@@H]2OC2OC(C(=O)O)C(O)C(O)C2O)[C@@H]2CCC=CC(=O)C=C12. The van der Waals surface area contributed by atoms with E-state index in [4.69, 9.17) is 14.9 Å². The molecule has 0 radical (unpaired) electrons. The largest absolute Gasteiger partial charge is 0.479 e. The maximum Gasteiger partial charge on any atom is 0.335 e. The number of rotatable bonds is 7. The molecule has 37 heavy (non-hydrogen) atoms. The molecule has 0 amide bonds. The van der Waals surface area contributed by atoms with Gasteiger partial charge in [0.2, 0.25) is 0 Å². The first kappa shape index (κ1) is 27.9. The molecule has 4 aliphatic rings. The minimum absolute atomic E-state index is 0.000371. The highest BCUT2D eigenvalue weighted by Gasteiger charge is 2.52. The second kappa shape index (κ2) is 11.3. The van der Waals surface area contributed by atoms with E-state index in [1.165, 1.54) is 6.21 Å². The third kappa shape index (κ3) is 5.52. The summed E-state index contributed by atoms with van der Waals surface area (Å²) in [6.07, 6.45) is 4.56. The molecule has 5 N–H and O–H groups in total. The Morgan fingerprint density at radius 2 is 1.97 bits per heavy atom. The van der Waals surface area contributed by atoms with E-state index >= 15 is 0 Å². The Morgan fingerprint density at radius 3 is 2.68 bits per heavy atom. The average molecular weight is 518 g/mol. The lowest BCUT2D eigenvalue weighted by molar-refractivity contribution is -0.311. The molecule has 5 unspecified atom stereocenters. The van der Waals surface area contributed by atoms with Gasteiger partial charge in [-0.1, -0.05) is 25.2 Å². The summed E-state index contributed by atoms with van der Waals surface area (Å²) in [7, 11) is 0. The van der Waals surface area contributed by atoms with Crippen molar-refractivity contribution < 1.29 is 39.5 Å². The lowest BCUT2D eigenvalue weighted by Crippen LogP contribution is -2.61. The van der Waals surface area contributed by atoms with Gasteiger partial charge in [-0.05, 0) is 87.1 Å². The zero-order valence-electron chi connectivity index (χ0n) is 21.3. The number of hydrogen-bond donors (Lipinski definition) is 5. The highest BCUT2D eigenvalue weighted by Crippen LogP contribution is 2.51. The molecule has 2 saturated carbocycles. The first-order valence-electron chi connectivity index (χ1n) is 13.3. The summed E-state index contributed by atoms with van der Waals surface area (Å²) in [6, 6.07) is 0. The number of nitrogens with one attached hydrogen (secondary N) is 1. The van der Waals surface area contributed by atoms with E-state index in [-0.39, 0.29) is 17.6 Å². The molecule has 0 aromatic heterocycles. The molecule has 1 heterocycles. The van der Waals surface area contributed by atoms with Gasteiger partial charge in [0, 0.05) is 11.3 Å². The lowest BCUT2D eigenvalue weighted by Gasteiger charge is -2.43. The topological polar surface area (TPSA) is 157 Å². The summed E-state index contributed by atoms with van der Waals surface area (Å²) in [5.41, 5.74) is 1.62. The summed E-state index contributed by atoms with van der Waals surface area (Å²) >= 11 is 0. The molecule has 9 heteroatoms. The predicted octanol–water partition coefficient (Wildman–Crippen LogP) is 2.54. The molecule has 4 rings (SSSR count). The fourth-order valence-corrected chi connectivity index (χ4v) is 6.74. The van der Waals surface area contributed by atoms with Crippen LogP contribution < -0.4 is 0 Å². The maximum atomic E-state index is 12.3. The Bertz CT molecular complexity index is 975. The maximum absolute atomic E-state index is 12.3. The van der Waals surface area contributed by atoms with Crippen LogP contribution in [0.4, 0.5) is 0 Å². The van der Waals surface area contributed by atoms with E-state index in [0.717, 1.165) is 49.7 Å². The van der Waals surface area contributed by atoms with Gasteiger partial charge < -0.3 is 35.3 Å². The van der Waals surface area contributed by atoms with E-state index in [1.54, 1.807) is 12.2 Å². The third-order valence-corrected chi connectivity index (χ3v) is 9.11. The summed E-state index contributed by atoms with van der Waals surface area (Å²) < 4.78 is 11.5. The molecule has 204 valence electrons. The number of aliphatic carboxylic acids is 1. The van der Waals surface area contributed by atoms with Gasteiger partial charge in [0.1, 0.15) is 18.3 Å². The number of aliphatic hydroxyl groups is 3. The van der Waals surface area contributed by atoms with Crippen molar-refractivity contribution in [3.8, 4) is 0 Å². The van der Waals surface area contributed by atoms with Crippen molar-refractivity contribution in [2.75, 3.05) is 0 Å². The number of ketones is 1. The number of carbonyl (C=O) groups is 2. The lowest BCUT2D eigenvalue weighted by atomic mass is 9.66. The fourth-order valence-electron chi connectivity index (χ4n) is 6.74. The van der Waals surface area contributed by atoms with E-state index in [0.29, 0.717) is 18.8 Å². The molecule has 0 bridgehead atoms. The summed E-state index contributed by atoms with van der Waals surface area (Å²) in [4.78, 5) is 23.8. The van der Waals surface area contributed by atoms with E-state index in [2.05, 4.69) is 13.5 Å². The predicted molar refractivity (Wildman–Crippen MR) is 135 cm³/mol. The molecular weight excluding hydrogens is 478 g/mol. The fraction of sp³-hybridized carbons (Fsp3) is 0.679. The van der Waals surface area contributed by atoms with Gasteiger partial charge in [0.05, 0.1) is 6.10 Å². The molecule has 1 saturated heterocycles. The Labute approximate surface area is 217 Å². The van der Waals surface area contributed by atoms with Crippen LogP contribution >= 0.6 is 0 Å². The van der Waals surface area contributed by atoms with Gasteiger partial charge in [0.25, 0.3) is 0 Å². The van der Waals surface area contributed by atoms with Gasteiger partial charge in [-0.25, -0.2) is 4.79 Å². The van der Waals surface area contributed by atoms with E-state index < -0.39 is 48.2 Å². The monoisotopic (exact) mass is 517 g/mol. The van der Waals surface area contributed by atoms with Crippen molar-refractivity contribution in [1.29, 1.82) is 5.41 Å². The number of fused-ring (bicyclic) bond motifs is 1. The highest BCUT2D eigenvalue weighted by molar-refractivity contribution is 6.00. The molecule has 0 aromatic rings. The smallest absolute Gasteiger partial charge is 0.335 e. The van der Waals surface area contributed by atoms with Crippen molar-refractivity contribution in [3.63, 3.8) is 0 Å². The van der Waals surface area contributed by atoms with Crippen LogP contribution in [-0.4, -0.2) is 75.2 Å². The molecule has 10 atom stereocenters. The average Bonchev–Trinajstić information content (AvgIpc) is 3.16.